The van der Waals surface area contributed by atoms with Gasteiger partial charge in [-0.3, -0.25) is 4.79 Å². The highest BCUT2D eigenvalue weighted by Gasteiger charge is 2.14. The Bertz CT molecular complexity index is 498. The van der Waals surface area contributed by atoms with Crippen molar-refractivity contribution in [3.63, 3.8) is 0 Å². The first-order valence-electron chi connectivity index (χ1n) is 5.68. The van der Waals surface area contributed by atoms with Crippen LogP contribution in [0, 0.1) is 5.92 Å². The Morgan fingerprint density at radius 3 is 2.81 bits per heavy atom. The molecule has 0 aliphatic rings. The number of carbonyl (C=O) groups is 1. The summed E-state index contributed by atoms with van der Waals surface area (Å²) in [5, 5.41) is 3.50. The molecule has 0 N–H and O–H groups in total. The number of Topliss-reactive ketones (excluding diaryl/α,β-unsaturated/α-hetero) is 1. The summed E-state index contributed by atoms with van der Waals surface area (Å²) in [6, 6.07) is 8.41. The Kier molecular flexibility index (Phi) is 3.39. The smallest absolute Gasteiger partial charge is 0.133 e. The van der Waals surface area contributed by atoms with E-state index in [0.29, 0.717) is 5.78 Å². The van der Waals surface area contributed by atoms with Crippen LogP contribution in [0.5, 0.6) is 0 Å². The monoisotopic (exact) mass is 232 g/mol. The maximum Gasteiger partial charge on any atom is 0.133 e. The van der Waals surface area contributed by atoms with E-state index >= 15 is 0 Å². The van der Waals surface area contributed by atoms with E-state index in [9.17, 15) is 4.79 Å². The fourth-order valence-corrected chi connectivity index (χ4v) is 3.01. The molecule has 0 fully saturated rings. The van der Waals surface area contributed by atoms with E-state index in [1.807, 2.05) is 0 Å². The molecule has 0 saturated carbocycles. The molecule has 0 unspecified atom stereocenters. The lowest BCUT2D eigenvalue weighted by atomic mass is 9.93. The molecule has 1 atom stereocenters. The highest BCUT2D eigenvalue weighted by molar-refractivity contribution is 7.17. The van der Waals surface area contributed by atoms with Crippen molar-refractivity contribution in [3.05, 3.63) is 35.2 Å². The van der Waals surface area contributed by atoms with Crippen LogP contribution in [0.15, 0.2) is 29.6 Å². The molecule has 0 saturated heterocycles. The molecule has 1 nitrogen and oxygen atoms in total. The van der Waals surface area contributed by atoms with Crippen LogP contribution in [0.2, 0.25) is 0 Å². The van der Waals surface area contributed by atoms with Gasteiger partial charge >= 0.3 is 0 Å². The van der Waals surface area contributed by atoms with Gasteiger partial charge in [-0.15, -0.1) is 11.3 Å². The largest absolute Gasteiger partial charge is 0.300 e. The maximum absolute atomic E-state index is 11.4. The van der Waals surface area contributed by atoms with Crippen LogP contribution in [0.25, 0.3) is 10.1 Å². The van der Waals surface area contributed by atoms with Crippen molar-refractivity contribution < 1.29 is 4.79 Å². The lowest BCUT2D eigenvalue weighted by Gasteiger charge is -2.09. The molecule has 0 spiro atoms. The number of carbonyl (C=O) groups excluding carboxylic acids is 1. The Balaban J connectivity index is 2.30. The zero-order valence-electron chi connectivity index (χ0n) is 9.69. The fraction of sp³-hybridized carbons (Fsp3) is 0.357. The minimum absolute atomic E-state index is 0.179. The summed E-state index contributed by atoms with van der Waals surface area (Å²) in [5.74, 6) is 0.482. The van der Waals surface area contributed by atoms with E-state index in [4.69, 9.17) is 0 Å². The first-order chi connectivity index (χ1) is 7.72. The molecule has 0 bridgehead atoms. The van der Waals surface area contributed by atoms with Crippen LogP contribution in [0.1, 0.15) is 25.8 Å². The summed E-state index contributed by atoms with van der Waals surface area (Å²) >= 11 is 1.77. The second kappa shape index (κ2) is 4.79. The van der Waals surface area contributed by atoms with E-state index in [2.05, 4.69) is 36.6 Å². The summed E-state index contributed by atoms with van der Waals surface area (Å²) in [6.07, 6.45) is 1.81. The Morgan fingerprint density at radius 1 is 1.38 bits per heavy atom. The molecular formula is C14H16OS. The lowest BCUT2D eigenvalue weighted by Crippen LogP contribution is -2.12. The van der Waals surface area contributed by atoms with Crippen molar-refractivity contribution in [2.75, 3.05) is 0 Å². The third-order valence-electron chi connectivity index (χ3n) is 3.10. The van der Waals surface area contributed by atoms with Gasteiger partial charge in [0.1, 0.15) is 5.78 Å². The maximum atomic E-state index is 11.4. The Morgan fingerprint density at radius 2 is 2.12 bits per heavy atom. The quantitative estimate of drug-likeness (QED) is 0.777. The van der Waals surface area contributed by atoms with Crippen molar-refractivity contribution in [1.29, 1.82) is 0 Å². The van der Waals surface area contributed by atoms with E-state index in [1.165, 1.54) is 15.6 Å². The number of hydrogen-bond acceptors (Lipinski definition) is 2. The summed E-state index contributed by atoms with van der Waals surface area (Å²) < 4.78 is 1.32. The average Bonchev–Trinajstić information content (AvgIpc) is 2.69. The number of thiophene rings is 1. The predicted octanol–water partition coefficient (Wildman–Crippen LogP) is 4.06. The lowest BCUT2D eigenvalue weighted by molar-refractivity contribution is -0.120. The van der Waals surface area contributed by atoms with Gasteiger partial charge in [0.25, 0.3) is 0 Å². The Hall–Kier alpha value is -1.15. The topological polar surface area (TPSA) is 17.1 Å². The second-order valence-electron chi connectivity index (χ2n) is 4.18. The minimum atomic E-state index is 0.179. The van der Waals surface area contributed by atoms with Crippen LogP contribution < -0.4 is 0 Å². The molecule has 2 aromatic rings. The standard InChI is InChI=1S/C14H16OS/c1-3-11(10(2)15)8-12-9-16-14-7-5-4-6-13(12)14/h4-7,9,11H,3,8H2,1-2H3/t11-/m0/s1. The van der Waals surface area contributed by atoms with Crippen LogP contribution in [-0.2, 0) is 11.2 Å². The van der Waals surface area contributed by atoms with Crippen LogP contribution in [0.3, 0.4) is 0 Å². The fourth-order valence-electron chi connectivity index (χ4n) is 2.03. The highest BCUT2D eigenvalue weighted by atomic mass is 32.1. The van der Waals surface area contributed by atoms with Gasteiger partial charge in [-0.25, -0.2) is 0 Å². The number of benzene rings is 1. The van der Waals surface area contributed by atoms with Gasteiger partial charge in [-0.1, -0.05) is 25.1 Å². The van der Waals surface area contributed by atoms with Crippen molar-refractivity contribution in [3.8, 4) is 0 Å². The first kappa shape index (κ1) is 11.3. The minimum Gasteiger partial charge on any atom is -0.300 e. The number of rotatable bonds is 4. The molecule has 2 heteroatoms. The summed E-state index contributed by atoms with van der Waals surface area (Å²) in [5.41, 5.74) is 1.32. The summed E-state index contributed by atoms with van der Waals surface area (Å²) in [7, 11) is 0. The van der Waals surface area contributed by atoms with Crippen molar-refractivity contribution >= 4 is 27.2 Å². The van der Waals surface area contributed by atoms with E-state index in [-0.39, 0.29) is 5.92 Å². The third kappa shape index (κ3) is 2.17. The summed E-state index contributed by atoms with van der Waals surface area (Å²) in [6.45, 7) is 3.78. The molecule has 1 heterocycles. The van der Waals surface area contributed by atoms with Gasteiger partial charge < -0.3 is 0 Å². The van der Waals surface area contributed by atoms with E-state index < -0.39 is 0 Å². The van der Waals surface area contributed by atoms with E-state index in [0.717, 1.165) is 12.8 Å². The number of ketones is 1. The summed E-state index contributed by atoms with van der Waals surface area (Å²) in [4.78, 5) is 11.4. The van der Waals surface area contributed by atoms with Gasteiger partial charge in [0, 0.05) is 10.6 Å². The van der Waals surface area contributed by atoms with Crippen LogP contribution in [0.4, 0.5) is 0 Å². The van der Waals surface area contributed by atoms with Gasteiger partial charge in [-0.05, 0) is 42.2 Å². The molecule has 0 aliphatic carbocycles. The molecule has 1 aromatic carbocycles. The molecular weight excluding hydrogens is 216 g/mol. The Labute approximate surface area is 100 Å². The third-order valence-corrected chi connectivity index (χ3v) is 4.11. The van der Waals surface area contributed by atoms with E-state index in [1.54, 1.807) is 18.3 Å². The molecule has 1 aromatic heterocycles. The normalized spacial score (nSPS) is 12.9. The zero-order chi connectivity index (χ0) is 11.5. The number of hydrogen-bond donors (Lipinski definition) is 0. The molecule has 0 amide bonds. The first-order valence-corrected chi connectivity index (χ1v) is 6.56. The van der Waals surface area contributed by atoms with Crippen LogP contribution in [-0.4, -0.2) is 5.78 Å². The predicted molar refractivity (Wildman–Crippen MR) is 70.0 cm³/mol. The molecule has 84 valence electrons. The molecule has 0 aliphatic heterocycles. The molecule has 16 heavy (non-hydrogen) atoms. The van der Waals surface area contributed by atoms with Crippen molar-refractivity contribution in [1.82, 2.24) is 0 Å². The SMILES string of the molecule is CC[C@@H](Cc1csc2ccccc12)C(C)=O. The van der Waals surface area contributed by atoms with Gasteiger partial charge in [0.15, 0.2) is 0 Å². The zero-order valence-corrected chi connectivity index (χ0v) is 10.5. The van der Waals surface area contributed by atoms with Crippen molar-refractivity contribution in [2.24, 2.45) is 5.92 Å². The van der Waals surface area contributed by atoms with Gasteiger partial charge in [0.2, 0.25) is 0 Å². The van der Waals surface area contributed by atoms with Gasteiger partial charge in [-0.2, -0.15) is 0 Å². The van der Waals surface area contributed by atoms with Gasteiger partial charge in [0.05, 0.1) is 0 Å². The molecule has 0 radical (unpaired) electrons. The number of fused-ring (bicyclic) bond motifs is 1. The van der Waals surface area contributed by atoms with Crippen molar-refractivity contribution in [2.45, 2.75) is 26.7 Å². The molecule has 2 rings (SSSR count). The van der Waals surface area contributed by atoms with Crippen LogP contribution >= 0.6 is 11.3 Å². The second-order valence-corrected chi connectivity index (χ2v) is 5.09. The highest BCUT2D eigenvalue weighted by Crippen LogP contribution is 2.28. The average molecular weight is 232 g/mol.